The predicted octanol–water partition coefficient (Wildman–Crippen LogP) is 3.60. The minimum absolute atomic E-state index is 0.0343. The number of alkyl halides is 3. The highest BCUT2D eigenvalue weighted by Crippen LogP contribution is 2.42. The molecule has 3 atom stereocenters. The molecule has 1 aliphatic carbocycles. The van der Waals surface area contributed by atoms with Gasteiger partial charge in [0.15, 0.2) is 6.61 Å². The summed E-state index contributed by atoms with van der Waals surface area (Å²) in [7, 11) is 0. The third kappa shape index (κ3) is 3.65. The van der Waals surface area contributed by atoms with Gasteiger partial charge in [-0.15, -0.1) is 0 Å². The van der Waals surface area contributed by atoms with Gasteiger partial charge in [-0.3, -0.25) is 0 Å². The summed E-state index contributed by atoms with van der Waals surface area (Å²) in [6.07, 6.45) is -2.30. The number of nitrogens with one attached hydrogen (secondary N) is 2. The molecule has 3 unspecified atom stereocenters. The number of halogens is 4. The third-order valence-electron chi connectivity index (χ3n) is 4.30. The van der Waals surface area contributed by atoms with Crippen molar-refractivity contribution in [3.05, 3.63) is 28.8 Å². The van der Waals surface area contributed by atoms with Gasteiger partial charge in [-0.2, -0.15) is 13.2 Å². The van der Waals surface area contributed by atoms with Crippen LogP contribution in [0.4, 0.5) is 18.0 Å². The fourth-order valence-corrected chi connectivity index (χ4v) is 3.66. The summed E-state index contributed by atoms with van der Waals surface area (Å²) in [6.45, 7) is -1.35. The fraction of sp³-hybridized carbons (Fsp3) is 0.533. The maximum Gasteiger partial charge on any atom is 0.422 e. The summed E-state index contributed by atoms with van der Waals surface area (Å²) in [5, 5.41) is 6.07. The number of fused-ring (bicyclic) bond motifs is 1. The molecule has 2 N–H and O–H groups in total. The van der Waals surface area contributed by atoms with E-state index in [1.807, 2.05) is 0 Å². The van der Waals surface area contributed by atoms with Gasteiger partial charge in [-0.1, -0.05) is 17.7 Å². The summed E-state index contributed by atoms with van der Waals surface area (Å²) < 4.78 is 42.2. The van der Waals surface area contributed by atoms with E-state index in [9.17, 15) is 18.0 Å². The zero-order valence-electron chi connectivity index (χ0n) is 12.1. The molecule has 1 aromatic carbocycles. The Hall–Kier alpha value is -1.63. The molecule has 3 rings (SSSR count). The van der Waals surface area contributed by atoms with Gasteiger partial charge in [0.05, 0.1) is 12.1 Å². The molecule has 23 heavy (non-hydrogen) atoms. The Morgan fingerprint density at radius 1 is 1.22 bits per heavy atom. The second-order valence-electron chi connectivity index (χ2n) is 5.90. The number of amides is 2. The zero-order chi connectivity index (χ0) is 16.6. The van der Waals surface area contributed by atoms with Crippen molar-refractivity contribution in [3.63, 3.8) is 0 Å². The van der Waals surface area contributed by atoms with Gasteiger partial charge in [-0.25, -0.2) is 4.79 Å². The molecule has 2 amide bonds. The first kappa shape index (κ1) is 16.2. The molecule has 8 heteroatoms. The number of hydrogen-bond acceptors (Lipinski definition) is 2. The molecule has 0 bridgehead atoms. The number of rotatable bonds is 3. The van der Waals surface area contributed by atoms with Crippen molar-refractivity contribution in [2.75, 3.05) is 6.61 Å². The molecule has 0 aromatic heterocycles. The molecule has 1 saturated heterocycles. The highest BCUT2D eigenvalue weighted by molar-refractivity contribution is 6.31. The van der Waals surface area contributed by atoms with Crippen LogP contribution in [0.15, 0.2) is 18.2 Å². The average Bonchev–Trinajstić information content (AvgIpc) is 2.83. The number of carbonyl (C=O) groups excluding carboxylic acids is 1. The molecular weight excluding hydrogens is 333 g/mol. The van der Waals surface area contributed by atoms with E-state index in [4.69, 9.17) is 16.3 Å². The quantitative estimate of drug-likeness (QED) is 0.877. The van der Waals surface area contributed by atoms with Crippen LogP contribution in [0.1, 0.15) is 30.7 Å². The summed E-state index contributed by atoms with van der Waals surface area (Å²) in [5.74, 6) is 0.115. The minimum atomic E-state index is -4.40. The van der Waals surface area contributed by atoms with Gasteiger partial charge < -0.3 is 15.4 Å². The van der Waals surface area contributed by atoms with Crippen LogP contribution in [0.2, 0.25) is 5.02 Å². The summed E-state index contributed by atoms with van der Waals surface area (Å²) in [5.41, 5.74) is 0.595. The topological polar surface area (TPSA) is 50.4 Å². The molecule has 126 valence electrons. The Bertz CT molecular complexity index is 609. The van der Waals surface area contributed by atoms with Gasteiger partial charge in [-0.05, 0) is 37.3 Å². The number of hydrogen-bond donors (Lipinski definition) is 2. The first-order valence-corrected chi connectivity index (χ1v) is 7.76. The highest BCUT2D eigenvalue weighted by Gasteiger charge is 2.39. The third-order valence-corrected chi connectivity index (χ3v) is 4.63. The van der Waals surface area contributed by atoms with Crippen molar-refractivity contribution in [2.24, 2.45) is 0 Å². The smallest absolute Gasteiger partial charge is 0.422 e. The van der Waals surface area contributed by atoms with E-state index in [-0.39, 0.29) is 29.8 Å². The maximum atomic E-state index is 12.4. The monoisotopic (exact) mass is 348 g/mol. The fourth-order valence-electron chi connectivity index (χ4n) is 3.34. The van der Waals surface area contributed by atoms with Crippen molar-refractivity contribution in [1.82, 2.24) is 10.6 Å². The second-order valence-corrected chi connectivity index (χ2v) is 6.30. The van der Waals surface area contributed by atoms with Crippen LogP contribution < -0.4 is 15.4 Å². The standard InChI is InChI=1S/C15H16ClF3N2O2/c16-9-2-1-3-12(23-7-15(17,18)19)13(9)8-4-5-10-11(6-8)21-14(22)20-10/h1-3,8,10-11H,4-7H2,(H2,20,21,22). The van der Waals surface area contributed by atoms with Gasteiger partial charge in [0.1, 0.15) is 5.75 Å². The molecule has 1 saturated carbocycles. The predicted molar refractivity (Wildman–Crippen MR) is 78.8 cm³/mol. The van der Waals surface area contributed by atoms with Crippen molar-refractivity contribution in [3.8, 4) is 5.75 Å². The van der Waals surface area contributed by atoms with Crippen LogP contribution >= 0.6 is 11.6 Å². The van der Waals surface area contributed by atoms with E-state index in [1.165, 1.54) is 6.07 Å². The van der Waals surface area contributed by atoms with Gasteiger partial charge in [0.25, 0.3) is 0 Å². The Kier molecular flexibility index (Phi) is 4.31. The molecule has 1 heterocycles. The minimum Gasteiger partial charge on any atom is -0.484 e. The summed E-state index contributed by atoms with van der Waals surface area (Å²) in [6, 6.07) is 4.56. The average molecular weight is 349 g/mol. The van der Waals surface area contributed by atoms with E-state index in [0.717, 1.165) is 12.8 Å². The lowest BCUT2D eigenvalue weighted by Crippen LogP contribution is -2.39. The summed E-state index contributed by atoms with van der Waals surface area (Å²) in [4.78, 5) is 11.4. The van der Waals surface area contributed by atoms with Gasteiger partial charge in [0, 0.05) is 10.6 Å². The van der Waals surface area contributed by atoms with Crippen molar-refractivity contribution >= 4 is 17.6 Å². The Balaban J connectivity index is 1.80. The van der Waals surface area contributed by atoms with Crippen LogP contribution in [0.5, 0.6) is 5.75 Å². The van der Waals surface area contributed by atoms with Crippen molar-refractivity contribution < 1.29 is 22.7 Å². The van der Waals surface area contributed by atoms with Crippen molar-refractivity contribution in [2.45, 2.75) is 43.4 Å². The van der Waals surface area contributed by atoms with E-state index in [1.54, 1.807) is 12.1 Å². The molecule has 1 aromatic rings. The van der Waals surface area contributed by atoms with Crippen LogP contribution in [-0.2, 0) is 0 Å². The Morgan fingerprint density at radius 3 is 2.70 bits per heavy atom. The van der Waals surface area contributed by atoms with Gasteiger partial charge >= 0.3 is 12.2 Å². The van der Waals surface area contributed by atoms with Crippen LogP contribution in [0.3, 0.4) is 0 Å². The molecule has 4 nitrogen and oxygen atoms in total. The van der Waals surface area contributed by atoms with E-state index in [2.05, 4.69) is 10.6 Å². The highest BCUT2D eigenvalue weighted by atomic mass is 35.5. The number of ether oxygens (including phenoxy) is 1. The Labute approximate surface area is 136 Å². The zero-order valence-corrected chi connectivity index (χ0v) is 12.9. The number of urea groups is 1. The SMILES string of the molecule is O=C1NC2CCC(c3c(Cl)cccc3OCC(F)(F)F)CC2N1. The molecule has 2 aliphatic rings. The normalized spacial score (nSPS) is 27.1. The van der Waals surface area contributed by atoms with E-state index >= 15 is 0 Å². The first-order chi connectivity index (χ1) is 10.8. The van der Waals surface area contributed by atoms with Crippen molar-refractivity contribution in [1.29, 1.82) is 0 Å². The second kappa shape index (κ2) is 6.11. The largest absolute Gasteiger partial charge is 0.484 e. The Morgan fingerprint density at radius 2 is 1.96 bits per heavy atom. The molecular formula is C15H16ClF3N2O2. The summed E-state index contributed by atoms with van der Waals surface area (Å²) >= 11 is 6.22. The molecule has 0 spiro atoms. The lowest BCUT2D eigenvalue weighted by atomic mass is 9.79. The van der Waals surface area contributed by atoms with Crippen LogP contribution in [0, 0.1) is 0 Å². The molecule has 1 aliphatic heterocycles. The first-order valence-electron chi connectivity index (χ1n) is 7.38. The van der Waals surface area contributed by atoms with Crippen LogP contribution in [0.25, 0.3) is 0 Å². The lowest BCUT2D eigenvalue weighted by Gasteiger charge is -2.32. The van der Waals surface area contributed by atoms with Crippen LogP contribution in [-0.4, -0.2) is 30.9 Å². The lowest BCUT2D eigenvalue weighted by molar-refractivity contribution is -0.153. The maximum absolute atomic E-state index is 12.4. The molecule has 0 radical (unpaired) electrons. The number of carbonyl (C=O) groups is 1. The number of benzene rings is 1. The van der Waals surface area contributed by atoms with Gasteiger partial charge in [0.2, 0.25) is 0 Å². The van der Waals surface area contributed by atoms with E-state index < -0.39 is 12.8 Å². The molecule has 2 fully saturated rings. The van der Waals surface area contributed by atoms with E-state index in [0.29, 0.717) is 17.0 Å².